The standard InChI is InChI=1S/C14H33ClGeOSi/c1-6-18(7-2,8-3)17-14-12-10-9-11-13-16(4,5)15/h6-14H2,1-5H3. The summed E-state index contributed by atoms with van der Waals surface area (Å²) in [7, 11) is 5.03. The van der Waals surface area contributed by atoms with Crippen LogP contribution in [0.25, 0.3) is 0 Å². The van der Waals surface area contributed by atoms with Crippen molar-refractivity contribution in [3.63, 3.8) is 0 Å². The van der Waals surface area contributed by atoms with Gasteiger partial charge in [0, 0.05) is 0 Å². The van der Waals surface area contributed by atoms with Gasteiger partial charge in [-0.05, 0) is 0 Å². The summed E-state index contributed by atoms with van der Waals surface area (Å²) in [5, 5.41) is 1.31. The molecule has 0 aromatic rings. The van der Waals surface area contributed by atoms with Gasteiger partial charge in [0.1, 0.15) is 0 Å². The molecule has 0 heterocycles. The molecule has 1 nitrogen and oxygen atoms in total. The van der Waals surface area contributed by atoms with Crippen molar-refractivity contribution in [2.24, 2.45) is 0 Å². The molecule has 0 saturated heterocycles. The SMILES string of the molecule is CC[Si](CC)(CC)OCCCCC[CH2][Ge]([CH3])([CH3])[Cl]. The van der Waals surface area contributed by atoms with Crippen LogP contribution in [0.3, 0.4) is 0 Å². The van der Waals surface area contributed by atoms with Crippen molar-refractivity contribution in [3.05, 3.63) is 0 Å². The Hall–Kier alpha value is 1.01. The molecule has 0 fully saturated rings. The van der Waals surface area contributed by atoms with Gasteiger partial charge in [0.2, 0.25) is 0 Å². The van der Waals surface area contributed by atoms with E-state index in [0.29, 0.717) is 0 Å². The third-order valence-corrected chi connectivity index (χ3v) is 12.9. The Morgan fingerprint density at radius 2 is 1.39 bits per heavy atom. The van der Waals surface area contributed by atoms with E-state index in [2.05, 4.69) is 32.3 Å². The second kappa shape index (κ2) is 9.84. The molecule has 0 aromatic carbocycles. The first-order valence-electron chi connectivity index (χ1n) is 7.72. The number of rotatable bonds is 11. The van der Waals surface area contributed by atoms with Crippen molar-refractivity contribution in [2.75, 3.05) is 6.61 Å². The minimum atomic E-state index is -1.78. The van der Waals surface area contributed by atoms with Crippen LogP contribution in [0, 0.1) is 0 Å². The van der Waals surface area contributed by atoms with Gasteiger partial charge >= 0.3 is 123 Å². The predicted molar refractivity (Wildman–Crippen MR) is 89.8 cm³/mol. The topological polar surface area (TPSA) is 9.23 Å². The van der Waals surface area contributed by atoms with Crippen LogP contribution in [-0.2, 0) is 4.43 Å². The fourth-order valence-electron chi connectivity index (χ4n) is 2.35. The summed E-state index contributed by atoms with van der Waals surface area (Å²) in [6.07, 6.45) is 5.22. The Bertz CT molecular complexity index is 194. The van der Waals surface area contributed by atoms with E-state index in [-0.39, 0.29) is 0 Å². The third-order valence-electron chi connectivity index (χ3n) is 4.01. The zero-order valence-corrected chi connectivity index (χ0v) is 17.0. The van der Waals surface area contributed by atoms with E-state index in [1.54, 1.807) is 0 Å². The minimum absolute atomic E-state index is 0.993. The Morgan fingerprint density at radius 1 is 0.889 bits per heavy atom. The van der Waals surface area contributed by atoms with Crippen molar-refractivity contribution < 1.29 is 4.43 Å². The Labute approximate surface area is 123 Å². The zero-order chi connectivity index (χ0) is 14.1. The summed E-state index contributed by atoms with van der Waals surface area (Å²) < 4.78 is 6.25. The third kappa shape index (κ3) is 9.00. The normalized spacial score (nSPS) is 13.0. The second-order valence-corrected chi connectivity index (χ2v) is 24.3. The van der Waals surface area contributed by atoms with Gasteiger partial charge in [-0.25, -0.2) is 0 Å². The quantitative estimate of drug-likeness (QED) is 0.326. The molecule has 0 radical (unpaired) electrons. The van der Waals surface area contributed by atoms with Gasteiger partial charge in [0.25, 0.3) is 0 Å². The maximum absolute atomic E-state index is 6.36. The first-order chi connectivity index (χ1) is 8.39. The van der Waals surface area contributed by atoms with Crippen LogP contribution in [-0.4, -0.2) is 27.3 Å². The molecule has 18 heavy (non-hydrogen) atoms. The fourth-order valence-corrected chi connectivity index (χ4v) is 8.02. The summed E-state index contributed by atoms with van der Waals surface area (Å²) in [4.78, 5) is 0. The Kier molecular flexibility index (Phi) is 10.4. The average molecular weight is 354 g/mol. The second-order valence-electron chi connectivity index (χ2n) is 5.98. The molecule has 0 unspecified atom stereocenters. The molecule has 0 N–H and O–H groups in total. The van der Waals surface area contributed by atoms with Crippen LogP contribution < -0.4 is 0 Å². The van der Waals surface area contributed by atoms with Gasteiger partial charge in [-0.15, -0.1) is 0 Å². The number of hydrogen-bond donors (Lipinski definition) is 0. The molecule has 4 heteroatoms. The number of unbranched alkanes of at least 4 members (excludes halogenated alkanes) is 3. The van der Waals surface area contributed by atoms with Crippen LogP contribution >= 0.6 is 10.0 Å². The van der Waals surface area contributed by atoms with Crippen LogP contribution in [0.2, 0.25) is 34.9 Å². The van der Waals surface area contributed by atoms with Crippen LogP contribution in [0.1, 0.15) is 46.5 Å². The Balaban J connectivity index is 3.56. The summed E-state index contributed by atoms with van der Waals surface area (Å²) in [6.45, 7) is 7.89. The van der Waals surface area contributed by atoms with Crippen LogP contribution in [0.4, 0.5) is 0 Å². The van der Waals surface area contributed by atoms with Gasteiger partial charge in [-0.1, -0.05) is 0 Å². The van der Waals surface area contributed by atoms with Gasteiger partial charge < -0.3 is 0 Å². The summed E-state index contributed by atoms with van der Waals surface area (Å²) in [5.41, 5.74) is 0. The van der Waals surface area contributed by atoms with Gasteiger partial charge in [0.05, 0.1) is 0 Å². The predicted octanol–water partition coefficient (Wildman–Crippen LogP) is 6.01. The molecular weight excluding hydrogens is 320 g/mol. The van der Waals surface area contributed by atoms with Gasteiger partial charge in [-0.3, -0.25) is 0 Å². The van der Waals surface area contributed by atoms with Gasteiger partial charge in [-0.2, -0.15) is 0 Å². The van der Waals surface area contributed by atoms with E-state index >= 15 is 0 Å². The fraction of sp³-hybridized carbons (Fsp3) is 1.00. The molecule has 0 aliphatic carbocycles. The molecule has 0 spiro atoms. The molecule has 0 aliphatic rings. The Morgan fingerprint density at radius 3 is 1.83 bits per heavy atom. The van der Waals surface area contributed by atoms with E-state index in [9.17, 15) is 0 Å². The van der Waals surface area contributed by atoms with E-state index in [1.165, 1.54) is 49.1 Å². The van der Waals surface area contributed by atoms with E-state index in [4.69, 9.17) is 14.4 Å². The van der Waals surface area contributed by atoms with Crippen molar-refractivity contribution in [2.45, 2.75) is 81.4 Å². The first kappa shape index (κ1) is 19.0. The maximum atomic E-state index is 6.36. The molecule has 0 aromatic heterocycles. The van der Waals surface area contributed by atoms with Crippen molar-refractivity contribution in [3.8, 4) is 0 Å². The molecule has 0 rings (SSSR count). The van der Waals surface area contributed by atoms with Crippen molar-refractivity contribution in [1.82, 2.24) is 0 Å². The first-order valence-corrected chi connectivity index (χ1v) is 18.7. The molecule has 0 aliphatic heterocycles. The molecule has 0 atom stereocenters. The van der Waals surface area contributed by atoms with E-state index in [0.717, 1.165) is 6.61 Å². The van der Waals surface area contributed by atoms with Gasteiger partial charge in [0.15, 0.2) is 0 Å². The van der Waals surface area contributed by atoms with Crippen molar-refractivity contribution >= 4 is 30.7 Å². The van der Waals surface area contributed by atoms with E-state index < -0.39 is 20.7 Å². The van der Waals surface area contributed by atoms with Crippen LogP contribution in [0.15, 0.2) is 0 Å². The summed E-state index contributed by atoms with van der Waals surface area (Å²) >= 11 is -1.78. The molecular formula is C14H33ClGeOSi. The molecule has 0 saturated carbocycles. The average Bonchev–Trinajstić information content (AvgIpc) is 2.32. The summed E-state index contributed by atoms with van der Waals surface area (Å²) in [5.74, 6) is 4.57. The molecule has 0 amide bonds. The van der Waals surface area contributed by atoms with E-state index in [1.807, 2.05) is 0 Å². The number of hydrogen-bond acceptors (Lipinski definition) is 1. The monoisotopic (exact) mass is 354 g/mol. The van der Waals surface area contributed by atoms with Crippen molar-refractivity contribution in [1.29, 1.82) is 0 Å². The molecule has 0 bridgehead atoms. The summed E-state index contributed by atoms with van der Waals surface area (Å²) in [6, 6.07) is 3.82. The molecule has 110 valence electrons. The number of halogens is 1. The van der Waals surface area contributed by atoms with Crippen LogP contribution in [0.5, 0.6) is 0 Å². The zero-order valence-electron chi connectivity index (χ0n) is 13.2.